The maximum Gasteiger partial charge on any atom is 0.396 e. The molecule has 1 heterocycles. The van der Waals surface area contributed by atoms with Crippen LogP contribution in [0.4, 0.5) is 5.69 Å². The molecule has 0 bridgehead atoms. The van der Waals surface area contributed by atoms with E-state index in [1.165, 1.54) is 26.5 Å². The van der Waals surface area contributed by atoms with Gasteiger partial charge in [-0.3, -0.25) is 9.59 Å². The number of nitrogens with one attached hydrogen (secondary N) is 1. The van der Waals surface area contributed by atoms with Crippen molar-refractivity contribution in [3.05, 3.63) is 12.3 Å². The Morgan fingerprint density at radius 1 is 1.08 bits per heavy atom. The van der Waals surface area contributed by atoms with Crippen LogP contribution in [0.15, 0.2) is 12.3 Å². The van der Waals surface area contributed by atoms with Crippen LogP contribution in [0.1, 0.15) is 25.7 Å². The van der Waals surface area contributed by atoms with Crippen LogP contribution >= 0.6 is 0 Å². The second kappa shape index (κ2) is 9.02. The minimum atomic E-state index is -1.02. The molecule has 1 aromatic rings. The number of carbonyl (C=O) groups excluding carboxylic acids is 3. The third kappa shape index (κ3) is 4.84. The SMILES string of the molecule is COC(=O)C(=O)Nc1cnc(OC2CCC(C(=O)OC)CC2)cc1OC. The van der Waals surface area contributed by atoms with E-state index in [-0.39, 0.29) is 23.7 Å². The number of anilines is 1. The summed E-state index contributed by atoms with van der Waals surface area (Å²) in [7, 11) is 3.93. The molecule has 1 aliphatic carbocycles. The summed E-state index contributed by atoms with van der Waals surface area (Å²) in [5, 5.41) is 2.36. The van der Waals surface area contributed by atoms with Crippen molar-refractivity contribution in [2.75, 3.05) is 26.6 Å². The molecule has 9 heteroatoms. The van der Waals surface area contributed by atoms with E-state index in [1.54, 1.807) is 0 Å². The molecule has 2 rings (SSSR count). The van der Waals surface area contributed by atoms with E-state index in [4.69, 9.17) is 14.2 Å². The van der Waals surface area contributed by atoms with Crippen molar-refractivity contribution in [2.24, 2.45) is 5.92 Å². The largest absolute Gasteiger partial charge is 0.494 e. The lowest BCUT2D eigenvalue weighted by atomic mass is 9.87. The number of hydrogen-bond donors (Lipinski definition) is 1. The van der Waals surface area contributed by atoms with Gasteiger partial charge >= 0.3 is 17.8 Å². The zero-order chi connectivity index (χ0) is 19.1. The van der Waals surface area contributed by atoms with Gasteiger partial charge in [0.15, 0.2) is 0 Å². The molecule has 1 saturated carbocycles. The first-order valence-corrected chi connectivity index (χ1v) is 8.16. The van der Waals surface area contributed by atoms with Crippen molar-refractivity contribution in [1.29, 1.82) is 0 Å². The molecule has 1 fully saturated rings. The number of aromatic nitrogens is 1. The molecule has 0 radical (unpaired) electrons. The maximum absolute atomic E-state index is 11.6. The molecule has 1 amide bonds. The minimum Gasteiger partial charge on any atom is -0.494 e. The summed E-state index contributed by atoms with van der Waals surface area (Å²) >= 11 is 0. The first kappa shape index (κ1) is 19.5. The molecule has 9 nitrogen and oxygen atoms in total. The Hall–Kier alpha value is -2.84. The van der Waals surface area contributed by atoms with Crippen LogP contribution in [-0.4, -0.2) is 50.3 Å². The first-order chi connectivity index (χ1) is 12.5. The van der Waals surface area contributed by atoms with Crippen LogP contribution in [0.5, 0.6) is 11.6 Å². The highest BCUT2D eigenvalue weighted by atomic mass is 16.5. The van der Waals surface area contributed by atoms with E-state index < -0.39 is 11.9 Å². The van der Waals surface area contributed by atoms with Gasteiger partial charge in [0, 0.05) is 6.07 Å². The van der Waals surface area contributed by atoms with Crippen molar-refractivity contribution < 1.29 is 33.3 Å². The lowest BCUT2D eigenvalue weighted by Gasteiger charge is -2.27. The molecule has 26 heavy (non-hydrogen) atoms. The number of methoxy groups -OCH3 is 3. The maximum atomic E-state index is 11.6. The van der Waals surface area contributed by atoms with E-state index in [0.29, 0.717) is 37.3 Å². The number of nitrogens with zero attached hydrogens (tertiary/aromatic N) is 1. The molecule has 0 atom stereocenters. The number of rotatable bonds is 5. The van der Waals surface area contributed by atoms with E-state index >= 15 is 0 Å². The molecule has 1 N–H and O–H groups in total. The number of ether oxygens (including phenoxy) is 4. The Kier molecular flexibility index (Phi) is 6.76. The molecule has 1 aliphatic rings. The van der Waals surface area contributed by atoms with Gasteiger partial charge in [-0.25, -0.2) is 9.78 Å². The van der Waals surface area contributed by atoms with Crippen LogP contribution in [0, 0.1) is 5.92 Å². The number of carbonyl (C=O) groups is 3. The van der Waals surface area contributed by atoms with Crippen LogP contribution in [-0.2, 0) is 23.9 Å². The van der Waals surface area contributed by atoms with Crippen LogP contribution in [0.3, 0.4) is 0 Å². The molecule has 0 aliphatic heterocycles. The number of hydrogen-bond acceptors (Lipinski definition) is 8. The summed E-state index contributed by atoms with van der Waals surface area (Å²) < 4.78 is 20.2. The highest BCUT2D eigenvalue weighted by molar-refractivity contribution is 6.37. The van der Waals surface area contributed by atoms with Gasteiger partial charge in [-0.2, -0.15) is 0 Å². The molecule has 142 valence electrons. The lowest BCUT2D eigenvalue weighted by Crippen LogP contribution is -2.28. The van der Waals surface area contributed by atoms with Gasteiger partial charge in [0.2, 0.25) is 5.88 Å². The van der Waals surface area contributed by atoms with Gasteiger partial charge < -0.3 is 24.3 Å². The zero-order valence-electron chi connectivity index (χ0n) is 14.9. The zero-order valence-corrected chi connectivity index (χ0v) is 14.9. The van der Waals surface area contributed by atoms with Crippen LogP contribution < -0.4 is 14.8 Å². The van der Waals surface area contributed by atoms with Gasteiger partial charge in [-0.1, -0.05) is 0 Å². The van der Waals surface area contributed by atoms with Crippen LogP contribution in [0.25, 0.3) is 0 Å². The van der Waals surface area contributed by atoms with Crippen LogP contribution in [0.2, 0.25) is 0 Å². The second-order valence-electron chi connectivity index (χ2n) is 5.78. The Morgan fingerprint density at radius 3 is 2.35 bits per heavy atom. The van der Waals surface area contributed by atoms with E-state index in [0.717, 1.165) is 7.11 Å². The quantitative estimate of drug-likeness (QED) is 0.613. The summed E-state index contributed by atoms with van der Waals surface area (Å²) in [6.45, 7) is 0. The van der Waals surface area contributed by atoms with Crippen molar-refractivity contribution in [2.45, 2.75) is 31.8 Å². The smallest absolute Gasteiger partial charge is 0.396 e. The fourth-order valence-corrected chi connectivity index (χ4v) is 2.77. The van der Waals surface area contributed by atoms with Crippen molar-refractivity contribution in [3.8, 4) is 11.6 Å². The number of esters is 2. The summed E-state index contributed by atoms with van der Waals surface area (Å²) in [4.78, 5) is 38.5. The van der Waals surface area contributed by atoms with Gasteiger partial charge in [-0.05, 0) is 25.7 Å². The Morgan fingerprint density at radius 2 is 1.77 bits per heavy atom. The Bertz CT molecular complexity index is 669. The molecule has 0 aromatic carbocycles. The fourth-order valence-electron chi connectivity index (χ4n) is 2.77. The van der Waals surface area contributed by atoms with Gasteiger partial charge in [0.1, 0.15) is 17.5 Å². The highest BCUT2D eigenvalue weighted by Crippen LogP contribution is 2.31. The summed E-state index contributed by atoms with van der Waals surface area (Å²) in [5.74, 6) is -1.58. The van der Waals surface area contributed by atoms with Crippen molar-refractivity contribution >= 4 is 23.5 Å². The minimum absolute atomic E-state index is 0.0661. The van der Waals surface area contributed by atoms with E-state index in [2.05, 4.69) is 15.0 Å². The number of amides is 1. The highest BCUT2D eigenvalue weighted by Gasteiger charge is 2.28. The van der Waals surface area contributed by atoms with Crippen molar-refractivity contribution in [3.63, 3.8) is 0 Å². The van der Waals surface area contributed by atoms with Gasteiger partial charge in [0.25, 0.3) is 0 Å². The summed E-state index contributed by atoms with van der Waals surface area (Å²) in [6.07, 6.45) is 4.09. The molecule has 0 spiro atoms. The van der Waals surface area contributed by atoms with Crippen molar-refractivity contribution in [1.82, 2.24) is 4.98 Å². The molecule has 1 aromatic heterocycles. The predicted molar refractivity (Wildman–Crippen MR) is 89.8 cm³/mol. The standard InChI is InChI=1S/C17H22N2O7/c1-23-13-8-14(18-9-12(13)19-15(20)17(22)25-3)26-11-6-4-10(5-7-11)16(21)24-2/h8-11H,4-7H2,1-3H3,(H,19,20). The fraction of sp³-hybridized carbons (Fsp3) is 0.529. The monoisotopic (exact) mass is 366 g/mol. The Labute approximate surface area is 151 Å². The summed E-state index contributed by atoms with van der Waals surface area (Å²) in [5.41, 5.74) is 0.227. The average Bonchev–Trinajstić information content (AvgIpc) is 2.68. The normalized spacial score (nSPS) is 19.2. The van der Waals surface area contributed by atoms with Gasteiger partial charge in [-0.15, -0.1) is 0 Å². The third-order valence-electron chi connectivity index (χ3n) is 4.18. The number of pyridine rings is 1. The van der Waals surface area contributed by atoms with Gasteiger partial charge in [0.05, 0.1) is 33.4 Å². The lowest BCUT2D eigenvalue weighted by molar-refractivity contribution is -0.150. The predicted octanol–water partition coefficient (Wildman–Crippen LogP) is 1.31. The Balaban J connectivity index is 1.98. The average molecular weight is 366 g/mol. The topological polar surface area (TPSA) is 113 Å². The third-order valence-corrected chi connectivity index (χ3v) is 4.18. The van der Waals surface area contributed by atoms with E-state index in [1.807, 2.05) is 0 Å². The van der Waals surface area contributed by atoms with E-state index in [9.17, 15) is 14.4 Å². The summed E-state index contributed by atoms with van der Waals surface area (Å²) in [6, 6.07) is 1.53. The molecular weight excluding hydrogens is 344 g/mol. The first-order valence-electron chi connectivity index (χ1n) is 8.16. The molecular formula is C17H22N2O7. The molecule has 0 unspecified atom stereocenters. The molecule has 0 saturated heterocycles. The second-order valence-corrected chi connectivity index (χ2v) is 5.78.